The molecule has 2 bridgehead atoms. The van der Waals surface area contributed by atoms with Gasteiger partial charge >= 0.3 is 0 Å². The van der Waals surface area contributed by atoms with Gasteiger partial charge in [0.05, 0.1) is 35.8 Å². The molecule has 0 amide bonds. The van der Waals surface area contributed by atoms with Gasteiger partial charge in [0.15, 0.2) is 15.8 Å². The number of hydrogen-bond donors (Lipinski definition) is 2. The Kier molecular flexibility index (Phi) is 5.41. The summed E-state index contributed by atoms with van der Waals surface area (Å²) in [7, 11) is -2.87. The highest BCUT2D eigenvalue weighted by molar-refractivity contribution is 7.91. The van der Waals surface area contributed by atoms with Gasteiger partial charge in [-0.15, -0.1) is 0 Å². The van der Waals surface area contributed by atoms with E-state index in [9.17, 15) is 8.42 Å². The predicted octanol–water partition coefficient (Wildman–Crippen LogP) is 2.04. The van der Waals surface area contributed by atoms with Crippen molar-refractivity contribution >= 4 is 15.8 Å². The standard InChI is InChI=1S/C20H29N3O3S/c1-14(16-5-3-2-4-6-16)22-20(21-12-15-9-10-27(24,25)13-15)23-18-11-17-7-8-19(18)26-17/h2-6,14-15,17-19H,7-13H2,1H3,(H2,21,22,23). The Morgan fingerprint density at radius 1 is 1.26 bits per heavy atom. The fraction of sp³-hybridized carbons (Fsp3) is 0.650. The molecule has 2 N–H and O–H groups in total. The Bertz CT molecular complexity index is 781. The van der Waals surface area contributed by atoms with E-state index in [2.05, 4.69) is 29.7 Å². The van der Waals surface area contributed by atoms with Crippen molar-refractivity contribution in [2.24, 2.45) is 10.9 Å². The van der Waals surface area contributed by atoms with Crippen LogP contribution in [0.15, 0.2) is 35.3 Å². The number of rotatable bonds is 5. The Hall–Kier alpha value is -1.60. The van der Waals surface area contributed by atoms with Crippen LogP contribution in [0.25, 0.3) is 0 Å². The van der Waals surface area contributed by atoms with Crippen LogP contribution in [0.1, 0.15) is 44.2 Å². The van der Waals surface area contributed by atoms with E-state index < -0.39 is 9.84 Å². The van der Waals surface area contributed by atoms with Crippen molar-refractivity contribution < 1.29 is 13.2 Å². The minimum Gasteiger partial charge on any atom is -0.373 e. The van der Waals surface area contributed by atoms with Gasteiger partial charge in [0.1, 0.15) is 0 Å². The number of sulfone groups is 1. The van der Waals surface area contributed by atoms with Crippen LogP contribution in [0.5, 0.6) is 0 Å². The lowest BCUT2D eigenvalue weighted by molar-refractivity contribution is 0.0992. The van der Waals surface area contributed by atoms with Crippen molar-refractivity contribution in [1.29, 1.82) is 0 Å². The zero-order valence-corrected chi connectivity index (χ0v) is 16.6. The van der Waals surface area contributed by atoms with Crippen LogP contribution in [-0.2, 0) is 14.6 Å². The van der Waals surface area contributed by atoms with Crippen LogP contribution >= 0.6 is 0 Å². The molecule has 3 fully saturated rings. The quantitative estimate of drug-likeness (QED) is 0.593. The molecule has 3 saturated heterocycles. The van der Waals surface area contributed by atoms with Gasteiger partial charge in [-0.05, 0) is 44.1 Å². The van der Waals surface area contributed by atoms with Gasteiger partial charge in [0.2, 0.25) is 0 Å². The molecule has 1 aromatic rings. The van der Waals surface area contributed by atoms with Crippen LogP contribution in [-0.4, -0.2) is 50.7 Å². The maximum absolute atomic E-state index is 11.7. The van der Waals surface area contributed by atoms with E-state index in [1.165, 1.54) is 5.56 Å². The van der Waals surface area contributed by atoms with E-state index >= 15 is 0 Å². The van der Waals surface area contributed by atoms with E-state index in [-0.39, 0.29) is 29.9 Å². The Balaban J connectivity index is 1.43. The molecular weight excluding hydrogens is 362 g/mol. The summed E-state index contributed by atoms with van der Waals surface area (Å²) in [6.45, 7) is 2.65. The molecule has 5 unspecified atom stereocenters. The number of fused-ring (bicyclic) bond motifs is 2. The first-order chi connectivity index (χ1) is 13.0. The summed E-state index contributed by atoms with van der Waals surface area (Å²) in [6, 6.07) is 10.7. The molecule has 0 spiro atoms. The summed E-state index contributed by atoms with van der Waals surface area (Å²) in [5.74, 6) is 1.44. The number of guanidine groups is 1. The summed E-state index contributed by atoms with van der Waals surface area (Å²) in [5.41, 5.74) is 1.19. The summed E-state index contributed by atoms with van der Waals surface area (Å²) in [6.07, 6.45) is 4.63. The molecule has 3 aliphatic rings. The Morgan fingerprint density at radius 2 is 2.07 bits per heavy atom. The molecule has 1 aromatic carbocycles. The zero-order chi connectivity index (χ0) is 18.9. The molecule has 3 aliphatic heterocycles. The second-order valence-electron chi connectivity index (χ2n) is 8.10. The largest absolute Gasteiger partial charge is 0.373 e. The topological polar surface area (TPSA) is 79.8 Å². The minimum atomic E-state index is -2.87. The number of hydrogen-bond acceptors (Lipinski definition) is 4. The summed E-state index contributed by atoms with van der Waals surface area (Å²) < 4.78 is 29.4. The average molecular weight is 392 g/mol. The SMILES string of the molecule is CC(NC(=NCC1CCS(=O)(=O)C1)NC1CC2CCC1O2)c1ccccc1. The fourth-order valence-corrected chi connectivity index (χ4v) is 6.21. The molecule has 7 heteroatoms. The number of aliphatic imine (C=N–C) groups is 1. The van der Waals surface area contributed by atoms with Crippen molar-refractivity contribution in [2.75, 3.05) is 18.1 Å². The van der Waals surface area contributed by atoms with Crippen molar-refractivity contribution in [3.8, 4) is 0 Å². The smallest absolute Gasteiger partial charge is 0.192 e. The highest BCUT2D eigenvalue weighted by Gasteiger charge is 2.41. The van der Waals surface area contributed by atoms with E-state index in [4.69, 9.17) is 9.73 Å². The van der Waals surface area contributed by atoms with E-state index in [0.29, 0.717) is 24.8 Å². The molecule has 3 heterocycles. The predicted molar refractivity (Wildman–Crippen MR) is 106 cm³/mol. The molecule has 27 heavy (non-hydrogen) atoms. The fourth-order valence-electron chi connectivity index (χ4n) is 4.36. The van der Waals surface area contributed by atoms with E-state index in [0.717, 1.165) is 25.2 Å². The summed E-state index contributed by atoms with van der Waals surface area (Å²) in [4.78, 5) is 4.76. The Labute approximate surface area is 161 Å². The molecule has 0 saturated carbocycles. The molecule has 0 aliphatic carbocycles. The van der Waals surface area contributed by atoms with Crippen molar-refractivity contribution in [1.82, 2.24) is 10.6 Å². The third-order valence-corrected chi connectivity index (χ3v) is 7.75. The average Bonchev–Trinajstić information content (AvgIpc) is 3.36. The third-order valence-electron chi connectivity index (χ3n) is 5.92. The van der Waals surface area contributed by atoms with Gasteiger partial charge in [0, 0.05) is 6.54 Å². The number of ether oxygens (including phenoxy) is 1. The lowest BCUT2D eigenvalue weighted by Gasteiger charge is -2.25. The van der Waals surface area contributed by atoms with Crippen molar-refractivity contribution in [3.05, 3.63) is 35.9 Å². The zero-order valence-electron chi connectivity index (χ0n) is 15.8. The van der Waals surface area contributed by atoms with Crippen LogP contribution in [0.3, 0.4) is 0 Å². The minimum absolute atomic E-state index is 0.115. The normalized spacial score (nSPS) is 33.1. The van der Waals surface area contributed by atoms with Crippen molar-refractivity contribution in [2.45, 2.75) is 56.9 Å². The van der Waals surface area contributed by atoms with Gasteiger partial charge in [-0.1, -0.05) is 30.3 Å². The number of nitrogens with zero attached hydrogens (tertiary/aromatic N) is 1. The highest BCUT2D eigenvalue weighted by atomic mass is 32.2. The number of nitrogens with one attached hydrogen (secondary N) is 2. The second kappa shape index (κ2) is 7.80. The summed E-state index contributed by atoms with van der Waals surface area (Å²) in [5, 5.41) is 7.06. The molecule has 5 atom stereocenters. The molecule has 6 nitrogen and oxygen atoms in total. The van der Waals surface area contributed by atoms with Gasteiger partial charge in [0.25, 0.3) is 0 Å². The first-order valence-corrected chi connectivity index (χ1v) is 11.8. The Morgan fingerprint density at radius 3 is 2.70 bits per heavy atom. The number of benzene rings is 1. The lowest BCUT2D eigenvalue weighted by Crippen LogP contribution is -2.48. The van der Waals surface area contributed by atoms with E-state index in [1.807, 2.05) is 18.2 Å². The van der Waals surface area contributed by atoms with Crippen molar-refractivity contribution in [3.63, 3.8) is 0 Å². The third kappa shape index (κ3) is 4.63. The molecular formula is C20H29N3O3S. The molecule has 148 valence electrons. The highest BCUT2D eigenvalue weighted by Crippen LogP contribution is 2.34. The van der Waals surface area contributed by atoms with Crippen LogP contribution < -0.4 is 10.6 Å². The van der Waals surface area contributed by atoms with Gasteiger partial charge in [-0.3, -0.25) is 4.99 Å². The molecule has 0 radical (unpaired) electrons. The molecule has 0 aromatic heterocycles. The lowest BCUT2D eigenvalue weighted by atomic mass is 9.96. The van der Waals surface area contributed by atoms with Gasteiger partial charge in [-0.2, -0.15) is 0 Å². The maximum atomic E-state index is 11.7. The first-order valence-electron chi connectivity index (χ1n) is 9.97. The first kappa shape index (κ1) is 18.7. The molecule has 4 rings (SSSR count). The van der Waals surface area contributed by atoms with E-state index in [1.54, 1.807) is 0 Å². The second-order valence-corrected chi connectivity index (χ2v) is 10.3. The van der Waals surface area contributed by atoms with Gasteiger partial charge < -0.3 is 15.4 Å². The maximum Gasteiger partial charge on any atom is 0.192 e. The van der Waals surface area contributed by atoms with Crippen LogP contribution in [0.4, 0.5) is 0 Å². The van der Waals surface area contributed by atoms with Crippen LogP contribution in [0.2, 0.25) is 0 Å². The van der Waals surface area contributed by atoms with Crippen LogP contribution in [0, 0.1) is 5.92 Å². The summed E-state index contributed by atoms with van der Waals surface area (Å²) >= 11 is 0. The monoisotopic (exact) mass is 391 g/mol. The van der Waals surface area contributed by atoms with Gasteiger partial charge in [-0.25, -0.2) is 8.42 Å².